The molecule has 0 radical (unpaired) electrons. The van der Waals surface area contributed by atoms with Crippen LogP contribution < -0.4 is 10.5 Å². The summed E-state index contributed by atoms with van der Waals surface area (Å²) in [4.78, 5) is 7.55. The molecule has 1 aromatic heterocycles. The van der Waals surface area contributed by atoms with Gasteiger partial charge in [-0.1, -0.05) is 0 Å². The fraction of sp³-hybridized carbons (Fsp3) is 0. The highest BCUT2D eigenvalue weighted by molar-refractivity contribution is 9.10. The Bertz CT molecular complexity index is 521. The van der Waals surface area contributed by atoms with E-state index < -0.39 is 5.82 Å². The zero-order chi connectivity index (χ0) is 11.5. The molecule has 16 heavy (non-hydrogen) atoms. The Labute approximate surface area is 99.4 Å². The Hall–Kier alpha value is -1.69. The largest absolute Gasteiger partial charge is 0.437 e. The molecule has 4 nitrogen and oxygen atoms in total. The number of rotatable bonds is 2. The summed E-state index contributed by atoms with van der Waals surface area (Å²) >= 11 is 3.05. The lowest BCUT2D eigenvalue weighted by molar-refractivity contribution is 0.459. The van der Waals surface area contributed by atoms with Crippen molar-refractivity contribution in [1.29, 1.82) is 0 Å². The summed E-state index contributed by atoms with van der Waals surface area (Å²) in [6.07, 6.45) is 2.72. The fourth-order valence-corrected chi connectivity index (χ4v) is 1.31. The molecular formula is C10H7BrFN3O. The van der Waals surface area contributed by atoms with Crippen molar-refractivity contribution in [3.8, 4) is 11.6 Å². The zero-order valence-corrected chi connectivity index (χ0v) is 9.61. The number of hydrogen-bond donors (Lipinski definition) is 1. The SMILES string of the molecule is Nc1cncnc1Oc1ccc(Br)c(F)c1. The van der Waals surface area contributed by atoms with E-state index in [4.69, 9.17) is 10.5 Å². The second kappa shape index (κ2) is 4.44. The standard InChI is InChI=1S/C10H7BrFN3O/c11-7-2-1-6(3-8(7)12)16-10-9(13)4-14-5-15-10/h1-5H,13H2. The van der Waals surface area contributed by atoms with Gasteiger partial charge in [-0.2, -0.15) is 4.98 Å². The maximum Gasteiger partial charge on any atom is 0.245 e. The molecule has 0 bridgehead atoms. The van der Waals surface area contributed by atoms with Crippen LogP contribution in [0.1, 0.15) is 0 Å². The van der Waals surface area contributed by atoms with Crippen molar-refractivity contribution >= 4 is 21.6 Å². The molecule has 0 aliphatic carbocycles. The van der Waals surface area contributed by atoms with Crippen molar-refractivity contribution in [3.63, 3.8) is 0 Å². The number of halogens is 2. The monoisotopic (exact) mass is 283 g/mol. The number of aromatic nitrogens is 2. The molecule has 6 heteroatoms. The van der Waals surface area contributed by atoms with Gasteiger partial charge in [-0.05, 0) is 28.1 Å². The molecule has 82 valence electrons. The van der Waals surface area contributed by atoms with Crippen molar-refractivity contribution in [2.24, 2.45) is 0 Å². The number of hydrogen-bond acceptors (Lipinski definition) is 4. The molecule has 0 atom stereocenters. The van der Waals surface area contributed by atoms with Crippen LogP contribution in [0.15, 0.2) is 35.2 Å². The normalized spacial score (nSPS) is 10.1. The maximum atomic E-state index is 13.2. The lowest BCUT2D eigenvalue weighted by Crippen LogP contribution is -1.95. The van der Waals surface area contributed by atoms with Gasteiger partial charge in [-0.25, -0.2) is 9.37 Å². The van der Waals surface area contributed by atoms with E-state index in [0.717, 1.165) is 0 Å². The Morgan fingerprint density at radius 3 is 2.88 bits per heavy atom. The van der Waals surface area contributed by atoms with Crippen LogP contribution in [0.5, 0.6) is 11.6 Å². The summed E-state index contributed by atoms with van der Waals surface area (Å²) < 4.78 is 18.9. The van der Waals surface area contributed by atoms with Gasteiger partial charge in [0.1, 0.15) is 23.6 Å². The van der Waals surface area contributed by atoms with E-state index in [0.29, 0.717) is 15.9 Å². The quantitative estimate of drug-likeness (QED) is 0.921. The van der Waals surface area contributed by atoms with Crippen LogP contribution in [0.25, 0.3) is 0 Å². The topological polar surface area (TPSA) is 61.0 Å². The molecule has 0 saturated heterocycles. The van der Waals surface area contributed by atoms with E-state index in [9.17, 15) is 4.39 Å². The van der Waals surface area contributed by atoms with Crippen molar-refractivity contribution in [1.82, 2.24) is 9.97 Å². The van der Waals surface area contributed by atoms with E-state index in [2.05, 4.69) is 25.9 Å². The van der Waals surface area contributed by atoms with Crippen LogP contribution in [-0.2, 0) is 0 Å². The highest BCUT2D eigenvalue weighted by Gasteiger charge is 2.05. The molecule has 0 saturated carbocycles. The molecule has 0 spiro atoms. The number of anilines is 1. The highest BCUT2D eigenvalue weighted by atomic mass is 79.9. The fourth-order valence-electron chi connectivity index (χ4n) is 1.07. The molecule has 0 aliphatic rings. The lowest BCUT2D eigenvalue weighted by atomic mass is 10.3. The van der Waals surface area contributed by atoms with Gasteiger partial charge in [0, 0.05) is 6.07 Å². The molecule has 2 N–H and O–H groups in total. The van der Waals surface area contributed by atoms with Gasteiger partial charge in [0.25, 0.3) is 0 Å². The summed E-state index contributed by atoms with van der Waals surface area (Å²) in [6, 6.07) is 4.39. The number of ether oxygens (including phenoxy) is 1. The Balaban J connectivity index is 2.28. The highest BCUT2D eigenvalue weighted by Crippen LogP contribution is 2.26. The molecular weight excluding hydrogens is 277 g/mol. The van der Waals surface area contributed by atoms with Gasteiger partial charge in [-0.15, -0.1) is 0 Å². The first-order valence-corrected chi connectivity index (χ1v) is 5.14. The second-order valence-electron chi connectivity index (χ2n) is 2.96. The number of nitrogen functional groups attached to an aromatic ring is 1. The second-order valence-corrected chi connectivity index (χ2v) is 3.82. The van der Waals surface area contributed by atoms with Crippen molar-refractivity contribution < 1.29 is 9.13 Å². The van der Waals surface area contributed by atoms with E-state index in [1.54, 1.807) is 12.1 Å². The van der Waals surface area contributed by atoms with Crippen LogP contribution >= 0.6 is 15.9 Å². The summed E-state index contributed by atoms with van der Waals surface area (Å²) in [5.74, 6) is 0.118. The smallest absolute Gasteiger partial charge is 0.245 e. The Morgan fingerprint density at radius 1 is 1.38 bits per heavy atom. The molecule has 0 aliphatic heterocycles. The molecule has 0 unspecified atom stereocenters. The molecule has 2 aromatic rings. The third kappa shape index (κ3) is 2.27. The van der Waals surface area contributed by atoms with Crippen LogP contribution in [0, 0.1) is 5.82 Å². The summed E-state index contributed by atoms with van der Waals surface area (Å²) in [7, 11) is 0. The Kier molecular flexibility index (Phi) is 3.00. The van der Waals surface area contributed by atoms with Crippen molar-refractivity contribution in [2.75, 3.05) is 5.73 Å². The third-order valence-electron chi connectivity index (χ3n) is 1.81. The van der Waals surface area contributed by atoms with Crippen LogP contribution in [0.4, 0.5) is 10.1 Å². The van der Waals surface area contributed by atoms with Crippen molar-refractivity contribution in [2.45, 2.75) is 0 Å². The maximum absolute atomic E-state index is 13.2. The summed E-state index contributed by atoms with van der Waals surface area (Å²) in [6.45, 7) is 0. The van der Waals surface area contributed by atoms with Crippen LogP contribution in [0.3, 0.4) is 0 Å². The van der Waals surface area contributed by atoms with E-state index in [-0.39, 0.29) is 5.88 Å². The van der Waals surface area contributed by atoms with Gasteiger partial charge in [0.2, 0.25) is 5.88 Å². The van der Waals surface area contributed by atoms with Crippen LogP contribution in [0.2, 0.25) is 0 Å². The molecule has 0 amide bonds. The molecule has 1 aromatic carbocycles. The number of nitrogens with zero attached hydrogens (tertiary/aromatic N) is 2. The molecule has 1 heterocycles. The van der Waals surface area contributed by atoms with E-state index >= 15 is 0 Å². The predicted octanol–water partition coefficient (Wildman–Crippen LogP) is 2.75. The Morgan fingerprint density at radius 2 is 2.19 bits per heavy atom. The first-order chi connectivity index (χ1) is 7.66. The minimum Gasteiger partial charge on any atom is -0.437 e. The van der Waals surface area contributed by atoms with Gasteiger partial charge >= 0.3 is 0 Å². The number of nitrogens with two attached hydrogens (primary N) is 1. The average molecular weight is 284 g/mol. The van der Waals surface area contributed by atoms with Gasteiger partial charge in [0.05, 0.1) is 10.7 Å². The zero-order valence-electron chi connectivity index (χ0n) is 8.02. The van der Waals surface area contributed by atoms with Crippen LogP contribution in [-0.4, -0.2) is 9.97 Å². The minimum absolute atomic E-state index is 0.205. The minimum atomic E-state index is -0.412. The van der Waals surface area contributed by atoms with E-state index in [1.807, 2.05) is 0 Å². The average Bonchev–Trinajstić information content (AvgIpc) is 2.27. The van der Waals surface area contributed by atoms with Crippen molar-refractivity contribution in [3.05, 3.63) is 41.0 Å². The first kappa shape index (κ1) is 10.8. The summed E-state index contributed by atoms with van der Waals surface area (Å²) in [5.41, 5.74) is 5.88. The van der Waals surface area contributed by atoms with E-state index in [1.165, 1.54) is 18.6 Å². The molecule has 2 rings (SSSR count). The summed E-state index contributed by atoms with van der Waals surface area (Å²) in [5, 5.41) is 0. The third-order valence-corrected chi connectivity index (χ3v) is 2.45. The van der Waals surface area contributed by atoms with Gasteiger partial charge in [0.15, 0.2) is 0 Å². The first-order valence-electron chi connectivity index (χ1n) is 4.35. The van der Waals surface area contributed by atoms with Gasteiger partial charge < -0.3 is 10.5 Å². The molecule has 0 fully saturated rings. The lowest BCUT2D eigenvalue weighted by Gasteiger charge is -2.06. The number of benzene rings is 1. The predicted molar refractivity (Wildman–Crippen MR) is 60.6 cm³/mol. The van der Waals surface area contributed by atoms with Gasteiger partial charge in [-0.3, -0.25) is 0 Å².